The Kier molecular flexibility index (Phi) is 8.92. The van der Waals surface area contributed by atoms with Crippen molar-refractivity contribution in [3.8, 4) is 0 Å². The minimum atomic E-state index is -4.09. The van der Waals surface area contributed by atoms with Crippen LogP contribution in [0.1, 0.15) is 72.7 Å². The van der Waals surface area contributed by atoms with Crippen molar-refractivity contribution in [2.24, 2.45) is 5.14 Å². The zero-order chi connectivity index (χ0) is 34.7. The van der Waals surface area contributed by atoms with E-state index >= 15 is 0 Å². The Labute approximate surface area is 293 Å². The number of halogens is 1. The Morgan fingerprint density at radius 1 is 0.939 bits per heavy atom. The van der Waals surface area contributed by atoms with Crippen molar-refractivity contribution >= 4 is 48.4 Å². The van der Waals surface area contributed by atoms with Crippen molar-refractivity contribution in [1.29, 1.82) is 0 Å². The molecule has 1 unspecified atom stereocenters. The van der Waals surface area contributed by atoms with E-state index in [0.717, 1.165) is 42.7 Å². The van der Waals surface area contributed by atoms with Gasteiger partial charge in [-0.2, -0.15) is 0 Å². The van der Waals surface area contributed by atoms with Gasteiger partial charge in [-0.15, -0.1) is 0 Å². The van der Waals surface area contributed by atoms with Gasteiger partial charge >= 0.3 is 0 Å². The molecule has 3 aromatic carbocycles. The van der Waals surface area contributed by atoms with Gasteiger partial charge in [-0.3, -0.25) is 9.69 Å². The molecule has 3 atom stereocenters. The summed E-state index contributed by atoms with van der Waals surface area (Å²) < 4.78 is 51.1. The molecule has 13 heteroatoms. The number of hydrogen-bond donors (Lipinski definition) is 1. The number of sulfone groups is 1. The average molecular weight is 724 g/mol. The molecule has 0 radical (unpaired) electrons. The summed E-state index contributed by atoms with van der Waals surface area (Å²) >= 11 is 6.07. The van der Waals surface area contributed by atoms with Crippen LogP contribution >= 0.6 is 11.6 Å². The monoisotopic (exact) mass is 723 g/mol. The fraction of sp³-hybridized carbons (Fsp3) is 0.444. The molecule has 2 bridgehead atoms. The van der Waals surface area contributed by atoms with E-state index in [9.17, 15) is 21.6 Å². The van der Waals surface area contributed by atoms with Crippen LogP contribution in [0.25, 0.3) is 11.0 Å². The van der Waals surface area contributed by atoms with E-state index in [4.69, 9.17) is 21.7 Å². The first-order chi connectivity index (χ1) is 23.2. The number of imidazole rings is 1. The van der Waals surface area contributed by atoms with Crippen LogP contribution in [0, 0.1) is 6.92 Å². The van der Waals surface area contributed by atoms with Crippen LogP contribution in [0.15, 0.2) is 76.5 Å². The quantitative estimate of drug-likeness (QED) is 0.254. The number of para-hydroxylation sites is 2. The molecule has 3 fully saturated rings. The maximum Gasteiger partial charge on any atom is 0.253 e. The fourth-order valence-corrected chi connectivity index (χ4v) is 10.4. The zero-order valence-corrected chi connectivity index (χ0v) is 30.1. The van der Waals surface area contributed by atoms with Gasteiger partial charge < -0.3 is 9.47 Å². The average Bonchev–Trinajstić information content (AvgIpc) is 3.53. The molecule has 4 aromatic rings. The molecule has 10 nitrogen and oxygen atoms in total. The van der Waals surface area contributed by atoms with Crippen LogP contribution in [-0.2, 0) is 25.3 Å². The SMILES string of the molecule is Cc1nc2ccccc2n1C1C[C@H]2CC[C@@H](C1)N2CCC1(c2ccc(S(C)(=O)=O)cc2)CCN(C(=O)c2ccc(Cl)c(S(N)(=O)=O)c2)CC1. The molecule has 0 spiro atoms. The second-order valence-corrected chi connectivity index (χ2v) is 18.0. The number of rotatable bonds is 8. The molecule has 7 rings (SSSR count). The standard InChI is InChI=1S/C36H42ClN5O5S2/c1-24-39-32-5-3-4-6-33(32)42(24)29-22-27-10-11-28(23-29)41(27)20-17-36(26-8-12-30(13-9-26)48(2,44)45)15-18-40(19-16-36)35(43)25-7-14-31(37)34(21-25)49(38,46)47/h3-9,12-14,21,27-29H,10-11,15-20,22-23H2,1-2H3,(H2,38,46,47)/t27-,28+,29?. The van der Waals surface area contributed by atoms with Crippen molar-refractivity contribution < 1.29 is 21.6 Å². The Morgan fingerprint density at radius 2 is 1.59 bits per heavy atom. The molecule has 0 saturated carbocycles. The molecule has 3 aliphatic heterocycles. The summed E-state index contributed by atoms with van der Waals surface area (Å²) in [6.07, 6.45) is 7.99. The van der Waals surface area contributed by atoms with Crippen LogP contribution in [0.4, 0.5) is 0 Å². The summed E-state index contributed by atoms with van der Waals surface area (Å²) in [5.74, 6) is 0.793. The number of fused-ring (bicyclic) bond motifs is 3. The predicted octanol–water partition coefficient (Wildman–Crippen LogP) is 5.48. The normalized spacial score (nSPS) is 22.9. The maximum atomic E-state index is 13.6. The number of sulfonamides is 1. The number of aromatic nitrogens is 2. The minimum absolute atomic E-state index is 0.0271. The molecular formula is C36H42ClN5O5S2. The number of amides is 1. The lowest BCUT2D eigenvalue weighted by Crippen LogP contribution is -2.49. The van der Waals surface area contributed by atoms with Crippen LogP contribution < -0.4 is 5.14 Å². The Bertz CT molecular complexity index is 2110. The van der Waals surface area contributed by atoms with E-state index < -0.39 is 19.9 Å². The van der Waals surface area contributed by atoms with Crippen LogP contribution in [-0.4, -0.2) is 80.1 Å². The van der Waals surface area contributed by atoms with Crippen molar-refractivity contribution in [2.45, 2.75) is 85.2 Å². The number of benzene rings is 3. The van der Waals surface area contributed by atoms with Crippen molar-refractivity contribution in [3.63, 3.8) is 0 Å². The number of primary sulfonamides is 1. The number of nitrogens with zero attached hydrogens (tertiary/aromatic N) is 4. The van der Waals surface area contributed by atoms with Crippen LogP contribution in [0.5, 0.6) is 0 Å². The van der Waals surface area contributed by atoms with E-state index in [-0.39, 0.29) is 31.7 Å². The lowest BCUT2D eigenvalue weighted by molar-refractivity contribution is 0.0606. The molecular weight excluding hydrogens is 682 g/mol. The third-order valence-electron chi connectivity index (χ3n) is 11.2. The van der Waals surface area contributed by atoms with Gasteiger partial charge in [0.1, 0.15) is 10.7 Å². The Morgan fingerprint density at radius 3 is 2.22 bits per heavy atom. The van der Waals surface area contributed by atoms with Gasteiger partial charge in [-0.05, 0) is 112 Å². The first-order valence-electron chi connectivity index (χ1n) is 16.9. The highest BCUT2D eigenvalue weighted by atomic mass is 35.5. The van der Waals surface area contributed by atoms with Crippen molar-refractivity contribution in [1.82, 2.24) is 19.4 Å². The number of piperidine rings is 2. The highest BCUT2D eigenvalue weighted by Gasteiger charge is 2.44. The van der Waals surface area contributed by atoms with Crippen LogP contribution in [0.3, 0.4) is 0 Å². The summed E-state index contributed by atoms with van der Waals surface area (Å²) in [6, 6.07) is 21.2. The molecule has 2 N–H and O–H groups in total. The fourth-order valence-electron chi connectivity index (χ4n) is 8.70. The highest BCUT2D eigenvalue weighted by molar-refractivity contribution is 7.90. The van der Waals surface area contributed by atoms with Gasteiger partial charge in [0, 0.05) is 43.0 Å². The summed E-state index contributed by atoms with van der Waals surface area (Å²) in [4.78, 5) is 22.9. The molecule has 0 aliphatic carbocycles. The van der Waals surface area contributed by atoms with E-state index in [2.05, 4.69) is 34.6 Å². The number of nitrogens with two attached hydrogens (primary N) is 1. The number of aryl methyl sites for hydroxylation is 1. The van der Waals surface area contributed by atoms with Crippen molar-refractivity contribution in [3.05, 3.63) is 88.7 Å². The van der Waals surface area contributed by atoms with Gasteiger partial charge in [-0.25, -0.2) is 27.0 Å². The van der Waals surface area contributed by atoms with Gasteiger partial charge in [0.05, 0.1) is 21.0 Å². The van der Waals surface area contributed by atoms with Crippen LogP contribution in [0.2, 0.25) is 5.02 Å². The summed E-state index contributed by atoms with van der Waals surface area (Å²) in [7, 11) is -7.44. The number of hydrogen-bond acceptors (Lipinski definition) is 7. The summed E-state index contributed by atoms with van der Waals surface area (Å²) in [5, 5.41) is 5.31. The van der Waals surface area contributed by atoms with E-state index in [0.29, 0.717) is 44.1 Å². The number of carbonyl (C=O) groups is 1. The second kappa shape index (κ2) is 12.8. The topological polar surface area (TPSA) is 136 Å². The highest BCUT2D eigenvalue weighted by Crippen LogP contribution is 2.45. The molecule has 4 heterocycles. The number of likely N-dealkylation sites (tertiary alicyclic amines) is 1. The van der Waals surface area contributed by atoms with Gasteiger partial charge in [0.15, 0.2) is 9.84 Å². The Hall–Kier alpha value is -3.29. The number of carbonyl (C=O) groups excluding carboxylic acids is 1. The third-order valence-corrected chi connectivity index (χ3v) is 13.8. The van der Waals surface area contributed by atoms with Gasteiger partial charge in [-0.1, -0.05) is 35.9 Å². The Balaban J connectivity index is 1.11. The largest absolute Gasteiger partial charge is 0.339 e. The first kappa shape index (κ1) is 34.2. The van der Waals surface area contributed by atoms with Gasteiger partial charge in [0.25, 0.3) is 5.91 Å². The summed E-state index contributed by atoms with van der Waals surface area (Å²) in [5.41, 5.74) is 3.29. The molecule has 260 valence electrons. The second-order valence-electron chi connectivity index (χ2n) is 14.1. The van der Waals surface area contributed by atoms with E-state index in [1.165, 1.54) is 42.8 Å². The predicted molar refractivity (Wildman–Crippen MR) is 190 cm³/mol. The van der Waals surface area contributed by atoms with E-state index in [1.807, 2.05) is 18.2 Å². The van der Waals surface area contributed by atoms with Crippen molar-refractivity contribution in [2.75, 3.05) is 25.9 Å². The molecule has 3 aliphatic rings. The first-order valence-corrected chi connectivity index (χ1v) is 20.7. The molecule has 3 saturated heterocycles. The zero-order valence-electron chi connectivity index (χ0n) is 27.8. The molecule has 1 aromatic heterocycles. The molecule has 1 amide bonds. The lowest BCUT2D eigenvalue weighted by atomic mass is 9.70. The van der Waals surface area contributed by atoms with E-state index in [1.54, 1.807) is 17.0 Å². The summed E-state index contributed by atoms with van der Waals surface area (Å²) in [6.45, 7) is 3.97. The smallest absolute Gasteiger partial charge is 0.253 e. The van der Waals surface area contributed by atoms with Gasteiger partial charge in [0.2, 0.25) is 10.0 Å². The third kappa shape index (κ3) is 6.54. The lowest BCUT2D eigenvalue weighted by Gasteiger charge is -2.45. The molecule has 49 heavy (non-hydrogen) atoms. The maximum absolute atomic E-state index is 13.6. The minimum Gasteiger partial charge on any atom is -0.339 e.